The highest BCUT2D eigenvalue weighted by atomic mass is 16.2. The molecule has 1 aromatic heterocycles. The van der Waals surface area contributed by atoms with Crippen LogP contribution in [0.1, 0.15) is 25.8 Å². The summed E-state index contributed by atoms with van der Waals surface area (Å²) in [6.45, 7) is 5.54. The van der Waals surface area contributed by atoms with Crippen molar-refractivity contribution in [1.82, 2.24) is 20.0 Å². The van der Waals surface area contributed by atoms with E-state index in [-0.39, 0.29) is 6.03 Å². The van der Waals surface area contributed by atoms with E-state index < -0.39 is 0 Å². The van der Waals surface area contributed by atoms with Crippen LogP contribution in [0.3, 0.4) is 0 Å². The Balaban J connectivity index is 1.99. The molecule has 0 aliphatic heterocycles. The van der Waals surface area contributed by atoms with Crippen LogP contribution in [0, 0.1) is 5.92 Å². The summed E-state index contributed by atoms with van der Waals surface area (Å²) in [7, 11) is 1.83. The van der Waals surface area contributed by atoms with Crippen molar-refractivity contribution in [2.24, 2.45) is 5.92 Å². The number of benzene rings is 1. The fourth-order valence-corrected chi connectivity index (χ4v) is 2.28. The SMILES string of the molecule is CC[C@@H](C)CN(C)C(=O)NCc1ccccc1-n1cccn1. The maximum absolute atomic E-state index is 12.2. The molecule has 0 radical (unpaired) electrons. The minimum absolute atomic E-state index is 0.0458. The van der Waals surface area contributed by atoms with E-state index in [0.717, 1.165) is 24.2 Å². The summed E-state index contributed by atoms with van der Waals surface area (Å²) in [5.41, 5.74) is 2.02. The van der Waals surface area contributed by atoms with Gasteiger partial charge in [0.15, 0.2) is 0 Å². The van der Waals surface area contributed by atoms with Crippen LogP contribution in [0.15, 0.2) is 42.7 Å². The van der Waals surface area contributed by atoms with Crippen molar-refractivity contribution < 1.29 is 4.79 Å². The third-order valence-corrected chi connectivity index (χ3v) is 3.80. The number of nitrogens with one attached hydrogen (secondary N) is 1. The van der Waals surface area contributed by atoms with Gasteiger partial charge in [0.2, 0.25) is 0 Å². The van der Waals surface area contributed by atoms with Crippen LogP contribution in [0.5, 0.6) is 0 Å². The summed E-state index contributed by atoms with van der Waals surface area (Å²) < 4.78 is 1.81. The van der Waals surface area contributed by atoms with Crippen LogP contribution in [-0.2, 0) is 6.54 Å². The summed E-state index contributed by atoms with van der Waals surface area (Å²) >= 11 is 0. The number of rotatable bonds is 6. The van der Waals surface area contributed by atoms with Crippen molar-refractivity contribution in [3.8, 4) is 5.69 Å². The van der Waals surface area contributed by atoms with Crippen molar-refractivity contribution in [3.63, 3.8) is 0 Å². The van der Waals surface area contributed by atoms with E-state index in [1.165, 1.54) is 0 Å². The van der Waals surface area contributed by atoms with E-state index in [2.05, 4.69) is 24.3 Å². The van der Waals surface area contributed by atoms with Crippen molar-refractivity contribution in [1.29, 1.82) is 0 Å². The molecule has 0 saturated heterocycles. The van der Waals surface area contributed by atoms with Crippen LogP contribution in [0.25, 0.3) is 5.69 Å². The van der Waals surface area contributed by atoms with Crippen LogP contribution >= 0.6 is 0 Å². The first-order chi connectivity index (χ1) is 10.6. The van der Waals surface area contributed by atoms with Gasteiger partial charge in [-0.2, -0.15) is 5.10 Å². The maximum Gasteiger partial charge on any atom is 0.317 e. The molecular formula is C17H24N4O. The molecule has 0 saturated carbocycles. The van der Waals surface area contributed by atoms with Crippen LogP contribution in [-0.4, -0.2) is 34.3 Å². The van der Waals surface area contributed by atoms with Gasteiger partial charge < -0.3 is 10.2 Å². The van der Waals surface area contributed by atoms with E-state index in [1.807, 2.05) is 48.3 Å². The first kappa shape index (κ1) is 16.1. The highest BCUT2D eigenvalue weighted by Gasteiger charge is 2.12. The average Bonchev–Trinajstić information content (AvgIpc) is 3.06. The van der Waals surface area contributed by atoms with Crippen molar-refractivity contribution in [3.05, 3.63) is 48.3 Å². The van der Waals surface area contributed by atoms with Gasteiger partial charge in [-0.1, -0.05) is 38.5 Å². The van der Waals surface area contributed by atoms with Crippen LogP contribution < -0.4 is 5.32 Å². The molecule has 2 aromatic rings. The van der Waals surface area contributed by atoms with Gasteiger partial charge in [0.1, 0.15) is 0 Å². The van der Waals surface area contributed by atoms with E-state index in [9.17, 15) is 4.79 Å². The van der Waals surface area contributed by atoms with Gasteiger partial charge in [-0.3, -0.25) is 0 Å². The van der Waals surface area contributed by atoms with Gasteiger partial charge in [0.25, 0.3) is 0 Å². The molecule has 1 N–H and O–H groups in total. The number of nitrogens with zero attached hydrogens (tertiary/aromatic N) is 3. The molecule has 0 unspecified atom stereocenters. The Labute approximate surface area is 131 Å². The van der Waals surface area contributed by atoms with Gasteiger partial charge in [-0.25, -0.2) is 9.48 Å². The standard InChI is InChI=1S/C17H24N4O/c1-4-14(2)13-20(3)17(22)18-12-15-8-5-6-9-16(15)21-11-7-10-19-21/h5-11,14H,4,12-13H2,1-3H3,(H,18,22)/t14-/m1/s1. The fourth-order valence-electron chi connectivity index (χ4n) is 2.28. The van der Waals surface area contributed by atoms with Crippen molar-refractivity contribution in [2.45, 2.75) is 26.8 Å². The summed E-state index contributed by atoms with van der Waals surface area (Å²) in [6.07, 6.45) is 4.71. The molecule has 0 spiro atoms. The second-order valence-corrected chi connectivity index (χ2v) is 5.63. The number of aromatic nitrogens is 2. The maximum atomic E-state index is 12.2. The molecular weight excluding hydrogens is 276 g/mol. The Bertz CT molecular complexity index is 594. The molecule has 2 rings (SSSR count). The van der Waals surface area contributed by atoms with Gasteiger partial charge in [-0.05, 0) is 23.6 Å². The Kier molecular flexibility index (Phi) is 5.58. The minimum Gasteiger partial charge on any atom is -0.334 e. The molecule has 2 amide bonds. The second kappa shape index (κ2) is 7.64. The predicted molar refractivity (Wildman–Crippen MR) is 87.9 cm³/mol. The Hall–Kier alpha value is -2.30. The lowest BCUT2D eigenvalue weighted by molar-refractivity contribution is 0.201. The molecule has 0 aliphatic rings. The second-order valence-electron chi connectivity index (χ2n) is 5.63. The topological polar surface area (TPSA) is 50.2 Å². The Morgan fingerprint density at radius 2 is 2.14 bits per heavy atom. The molecule has 1 heterocycles. The largest absolute Gasteiger partial charge is 0.334 e. The third kappa shape index (κ3) is 4.10. The number of urea groups is 1. The van der Waals surface area contributed by atoms with Crippen LogP contribution in [0.4, 0.5) is 4.79 Å². The molecule has 0 fully saturated rings. The fraction of sp³-hybridized carbons (Fsp3) is 0.412. The number of carbonyl (C=O) groups is 1. The minimum atomic E-state index is -0.0458. The summed E-state index contributed by atoms with van der Waals surface area (Å²) in [5.74, 6) is 0.507. The van der Waals surface area contributed by atoms with Gasteiger partial charge in [0.05, 0.1) is 5.69 Å². The first-order valence-corrected chi connectivity index (χ1v) is 7.68. The molecule has 1 aromatic carbocycles. The Morgan fingerprint density at radius 3 is 2.82 bits per heavy atom. The zero-order valence-corrected chi connectivity index (χ0v) is 13.5. The Morgan fingerprint density at radius 1 is 1.36 bits per heavy atom. The van der Waals surface area contributed by atoms with Crippen molar-refractivity contribution >= 4 is 6.03 Å². The lowest BCUT2D eigenvalue weighted by Gasteiger charge is -2.21. The summed E-state index contributed by atoms with van der Waals surface area (Å²) in [5, 5.41) is 7.23. The number of hydrogen-bond donors (Lipinski definition) is 1. The lowest BCUT2D eigenvalue weighted by atomic mass is 10.1. The highest BCUT2D eigenvalue weighted by molar-refractivity contribution is 5.74. The van der Waals surface area contributed by atoms with Crippen LogP contribution in [0.2, 0.25) is 0 Å². The van der Waals surface area contributed by atoms with E-state index in [1.54, 1.807) is 11.1 Å². The number of amides is 2. The zero-order valence-electron chi connectivity index (χ0n) is 13.5. The first-order valence-electron chi connectivity index (χ1n) is 7.68. The summed E-state index contributed by atoms with van der Waals surface area (Å²) in [4.78, 5) is 13.9. The number of carbonyl (C=O) groups excluding carboxylic acids is 1. The smallest absolute Gasteiger partial charge is 0.317 e. The molecule has 0 aliphatic carbocycles. The normalized spacial score (nSPS) is 12.0. The third-order valence-electron chi connectivity index (χ3n) is 3.80. The molecule has 5 heteroatoms. The van der Waals surface area contributed by atoms with Crippen molar-refractivity contribution in [2.75, 3.05) is 13.6 Å². The van der Waals surface area contributed by atoms with Gasteiger partial charge >= 0.3 is 6.03 Å². The van der Waals surface area contributed by atoms with Gasteiger partial charge in [0, 0.05) is 32.5 Å². The molecule has 22 heavy (non-hydrogen) atoms. The van der Waals surface area contributed by atoms with E-state index in [4.69, 9.17) is 0 Å². The zero-order chi connectivity index (χ0) is 15.9. The highest BCUT2D eigenvalue weighted by Crippen LogP contribution is 2.13. The number of para-hydroxylation sites is 1. The quantitative estimate of drug-likeness (QED) is 0.891. The molecule has 5 nitrogen and oxygen atoms in total. The predicted octanol–water partition coefficient (Wildman–Crippen LogP) is 3.06. The monoisotopic (exact) mass is 300 g/mol. The lowest BCUT2D eigenvalue weighted by Crippen LogP contribution is -2.39. The molecule has 0 bridgehead atoms. The summed E-state index contributed by atoms with van der Waals surface area (Å²) in [6, 6.07) is 9.78. The van der Waals surface area contributed by atoms with Gasteiger partial charge in [-0.15, -0.1) is 0 Å². The molecule has 1 atom stereocenters. The number of hydrogen-bond acceptors (Lipinski definition) is 2. The molecule has 118 valence electrons. The average molecular weight is 300 g/mol. The van der Waals surface area contributed by atoms with E-state index >= 15 is 0 Å². The van der Waals surface area contributed by atoms with E-state index in [0.29, 0.717) is 12.5 Å².